The number of nitro benzene ring substituents is 1. The molecule has 0 radical (unpaired) electrons. The summed E-state index contributed by atoms with van der Waals surface area (Å²) in [6, 6.07) is 11.7. The minimum absolute atomic E-state index is 0.0543. The Hall–Kier alpha value is -3.51. The molecule has 1 heterocycles. The highest BCUT2D eigenvalue weighted by molar-refractivity contribution is 9.10. The Morgan fingerprint density at radius 3 is 2.57 bits per heavy atom. The number of hydrogen-bond acceptors (Lipinski definition) is 8. The summed E-state index contributed by atoms with van der Waals surface area (Å²) in [5.41, 5.74) is 2.24. The van der Waals surface area contributed by atoms with Crippen molar-refractivity contribution in [3.63, 3.8) is 0 Å². The van der Waals surface area contributed by atoms with Crippen molar-refractivity contribution in [2.45, 2.75) is 4.90 Å². The highest BCUT2D eigenvalue weighted by Gasteiger charge is 2.20. The normalized spacial score (nSPS) is 11.4. The van der Waals surface area contributed by atoms with Crippen LogP contribution in [0.2, 0.25) is 0 Å². The Labute approximate surface area is 178 Å². The van der Waals surface area contributed by atoms with Gasteiger partial charge in [0, 0.05) is 22.2 Å². The zero-order chi connectivity index (χ0) is 21.7. The van der Waals surface area contributed by atoms with E-state index >= 15 is 0 Å². The monoisotopic (exact) mass is 493 g/mol. The van der Waals surface area contributed by atoms with Crippen LogP contribution >= 0.6 is 15.9 Å². The molecule has 154 valence electrons. The van der Waals surface area contributed by atoms with E-state index in [-0.39, 0.29) is 27.7 Å². The van der Waals surface area contributed by atoms with Crippen LogP contribution in [-0.2, 0) is 10.1 Å². The van der Waals surface area contributed by atoms with Gasteiger partial charge in [0.15, 0.2) is 11.5 Å². The fourth-order valence-corrected chi connectivity index (χ4v) is 3.55. The van der Waals surface area contributed by atoms with Crippen molar-refractivity contribution in [2.75, 3.05) is 0 Å². The van der Waals surface area contributed by atoms with Crippen LogP contribution in [0, 0.1) is 10.1 Å². The van der Waals surface area contributed by atoms with E-state index in [1.165, 1.54) is 30.7 Å². The number of non-ortho nitro benzene ring substituents is 1. The topological polar surface area (TPSA) is 141 Å². The summed E-state index contributed by atoms with van der Waals surface area (Å²) in [5.74, 6) is -0.599. The fraction of sp³-hybridized carbons (Fsp3) is 0. The number of halogens is 1. The SMILES string of the molecule is O=C(N/N=C\c1cc(Br)ccc1OS(=O)(=O)c1ccc([N+](=O)[O-])cc1)c1ccco1. The number of amides is 1. The Kier molecular flexibility index (Phi) is 6.28. The second kappa shape index (κ2) is 8.88. The van der Waals surface area contributed by atoms with Crippen LogP contribution in [0.1, 0.15) is 16.1 Å². The zero-order valence-corrected chi connectivity index (χ0v) is 17.3. The fourth-order valence-electron chi connectivity index (χ4n) is 2.22. The van der Waals surface area contributed by atoms with Gasteiger partial charge in [-0.1, -0.05) is 15.9 Å². The van der Waals surface area contributed by atoms with E-state index in [1.807, 2.05) is 0 Å². The largest absolute Gasteiger partial charge is 0.459 e. The maximum Gasteiger partial charge on any atom is 0.339 e. The Morgan fingerprint density at radius 1 is 1.20 bits per heavy atom. The molecule has 1 amide bonds. The van der Waals surface area contributed by atoms with Crippen molar-refractivity contribution in [3.8, 4) is 5.75 Å². The lowest BCUT2D eigenvalue weighted by Crippen LogP contribution is -2.17. The van der Waals surface area contributed by atoms with Gasteiger partial charge in [-0.3, -0.25) is 14.9 Å². The van der Waals surface area contributed by atoms with Crippen LogP contribution in [0.4, 0.5) is 5.69 Å². The standard InChI is InChI=1S/C18H12BrN3O7S/c19-13-3-8-16(12(10-13)11-20-21-18(23)17-2-1-9-28-17)29-30(26,27)15-6-4-14(5-7-15)22(24)25/h1-11H,(H,21,23)/b20-11-. The van der Waals surface area contributed by atoms with Gasteiger partial charge in [-0.05, 0) is 42.5 Å². The van der Waals surface area contributed by atoms with Gasteiger partial charge in [-0.15, -0.1) is 0 Å². The van der Waals surface area contributed by atoms with E-state index in [2.05, 4.69) is 26.5 Å². The first-order valence-electron chi connectivity index (χ1n) is 8.12. The van der Waals surface area contributed by atoms with Crippen LogP contribution in [0.15, 0.2) is 79.7 Å². The molecular formula is C18H12BrN3O7S. The van der Waals surface area contributed by atoms with Gasteiger partial charge in [0.2, 0.25) is 0 Å². The maximum absolute atomic E-state index is 12.5. The summed E-state index contributed by atoms with van der Waals surface area (Å²) in [6.45, 7) is 0. The van der Waals surface area contributed by atoms with E-state index in [1.54, 1.807) is 12.1 Å². The Balaban J connectivity index is 1.81. The van der Waals surface area contributed by atoms with Crippen molar-refractivity contribution < 1.29 is 26.7 Å². The van der Waals surface area contributed by atoms with E-state index in [4.69, 9.17) is 8.60 Å². The predicted molar refractivity (Wildman–Crippen MR) is 109 cm³/mol. The van der Waals surface area contributed by atoms with Crippen molar-refractivity contribution >= 4 is 43.9 Å². The molecule has 0 aliphatic rings. The first-order chi connectivity index (χ1) is 14.3. The lowest BCUT2D eigenvalue weighted by molar-refractivity contribution is -0.384. The summed E-state index contributed by atoms with van der Waals surface area (Å²) in [6.07, 6.45) is 2.54. The van der Waals surface area contributed by atoms with Crippen molar-refractivity contribution in [3.05, 3.63) is 86.8 Å². The van der Waals surface area contributed by atoms with Crippen LogP contribution in [0.5, 0.6) is 5.75 Å². The number of rotatable bonds is 7. The van der Waals surface area contributed by atoms with Crippen LogP contribution < -0.4 is 9.61 Å². The van der Waals surface area contributed by atoms with Gasteiger partial charge in [0.25, 0.3) is 5.69 Å². The molecule has 30 heavy (non-hydrogen) atoms. The third kappa shape index (κ3) is 5.10. The molecule has 0 aliphatic heterocycles. The van der Waals surface area contributed by atoms with E-state index in [9.17, 15) is 23.3 Å². The summed E-state index contributed by atoms with van der Waals surface area (Å²) in [4.78, 5) is 21.7. The minimum atomic E-state index is -4.27. The van der Waals surface area contributed by atoms with E-state index in [0.29, 0.717) is 4.47 Å². The summed E-state index contributed by atoms with van der Waals surface area (Å²) < 4.78 is 35.8. The van der Waals surface area contributed by atoms with Crippen molar-refractivity contribution in [1.82, 2.24) is 5.43 Å². The van der Waals surface area contributed by atoms with Gasteiger partial charge in [-0.2, -0.15) is 13.5 Å². The van der Waals surface area contributed by atoms with Crippen LogP contribution in [-0.4, -0.2) is 25.5 Å². The first kappa shape index (κ1) is 21.2. The van der Waals surface area contributed by atoms with Gasteiger partial charge in [0.05, 0.1) is 17.4 Å². The number of hydrogen-bond donors (Lipinski definition) is 1. The summed E-state index contributed by atoms with van der Waals surface area (Å²) >= 11 is 3.26. The van der Waals surface area contributed by atoms with Crippen molar-refractivity contribution in [1.29, 1.82) is 0 Å². The molecule has 12 heteroatoms. The zero-order valence-electron chi connectivity index (χ0n) is 14.9. The molecule has 0 fully saturated rings. The van der Waals surface area contributed by atoms with Crippen molar-refractivity contribution in [2.24, 2.45) is 5.10 Å². The molecule has 0 saturated heterocycles. The number of carbonyl (C=O) groups excluding carboxylic acids is 1. The average molecular weight is 494 g/mol. The number of carbonyl (C=O) groups is 1. The Bertz CT molecular complexity index is 1210. The van der Waals surface area contributed by atoms with Gasteiger partial charge in [0.1, 0.15) is 4.90 Å². The molecule has 2 aromatic carbocycles. The summed E-state index contributed by atoms with van der Waals surface area (Å²) in [5, 5.41) is 14.5. The highest BCUT2D eigenvalue weighted by Crippen LogP contribution is 2.26. The van der Waals surface area contributed by atoms with E-state index < -0.39 is 20.9 Å². The Morgan fingerprint density at radius 2 is 1.93 bits per heavy atom. The quantitative estimate of drug-likeness (QED) is 0.229. The van der Waals surface area contributed by atoms with E-state index in [0.717, 1.165) is 24.3 Å². The lowest BCUT2D eigenvalue weighted by Gasteiger charge is -2.10. The average Bonchev–Trinajstić information content (AvgIpc) is 3.25. The second-order valence-corrected chi connectivity index (χ2v) is 8.11. The molecule has 10 nitrogen and oxygen atoms in total. The molecule has 0 saturated carbocycles. The predicted octanol–water partition coefficient (Wildman–Crippen LogP) is 3.48. The molecule has 3 rings (SSSR count). The highest BCUT2D eigenvalue weighted by atomic mass is 79.9. The number of nitrogens with zero attached hydrogens (tertiary/aromatic N) is 2. The number of benzene rings is 2. The van der Waals surface area contributed by atoms with Gasteiger partial charge >= 0.3 is 16.0 Å². The first-order valence-corrected chi connectivity index (χ1v) is 10.3. The molecule has 0 atom stereocenters. The molecular weight excluding hydrogens is 482 g/mol. The number of furan rings is 1. The lowest BCUT2D eigenvalue weighted by atomic mass is 10.2. The molecule has 1 aromatic heterocycles. The van der Waals surface area contributed by atoms with Gasteiger partial charge < -0.3 is 8.60 Å². The molecule has 3 aromatic rings. The molecule has 0 bridgehead atoms. The van der Waals surface area contributed by atoms with Crippen LogP contribution in [0.25, 0.3) is 0 Å². The smallest absolute Gasteiger partial charge is 0.339 e. The summed E-state index contributed by atoms with van der Waals surface area (Å²) in [7, 11) is -4.27. The molecule has 1 N–H and O–H groups in total. The van der Waals surface area contributed by atoms with Crippen LogP contribution in [0.3, 0.4) is 0 Å². The third-order valence-corrected chi connectivity index (χ3v) is 5.36. The number of nitrogens with one attached hydrogen (secondary N) is 1. The third-order valence-electron chi connectivity index (χ3n) is 3.62. The molecule has 0 aliphatic carbocycles. The molecule has 0 spiro atoms. The molecule has 0 unspecified atom stereocenters. The number of hydrazone groups is 1. The minimum Gasteiger partial charge on any atom is -0.459 e. The number of nitro groups is 1. The van der Waals surface area contributed by atoms with Gasteiger partial charge in [-0.25, -0.2) is 5.43 Å². The maximum atomic E-state index is 12.5. The second-order valence-electron chi connectivity index (χ2n) is 5.65.